The molecule has 0 aliphatic carbocycles. The summed E-state index contributed by atoms with van der Waals surface area (Å²) in [6.07, 6.45) is 3.67. The van der Waals surface area contributed by atoms with Crippen LogP contribution >= 0.6 is 0 Å². The van der Waals surface area contributed by atoms with Crippen LogP contribution < -0.4 is 5.76 Å². The fourth-order valence-corrected chi connectivity index (χ4v) is 2.57. The molecule has 4 aromatic rings. The van der Waals surface area contributed by atoms with Gasteiger partial charge >= 0.3 is 5.76 Å². The van der Waals surface area contributed by atoms with Crippen LogP contribution in [0.15, 0.2) is 64.2 Å². The summed E-state index contributed by atoms with van der Waals surface area (Å²) in [5.74, 6) is -0.331. The number of imidazole rings is 1. The van der Waals surface area contributed by atoms with E-state index >= 15 is 0 Å². The second kappa shape index (κ2) is 5.71. The molecule has 0 N–H and O–H groups in total. The van der Waals surface area contributed by atoms with E-state index in [0.29, 0.717) is 11.3 Å². The third-order valence-corrected chi connectivity index (χ3v) is 3.76. The molecule has 124 valence electrons. The minimum absolute atomic E-state index is 0.0403. The Labute approximate surface area is 139 Å². The van der Waals surface area contributed by atoms with Crippen molar-refractivity contribution in [2.45, 2.75) is 6.54 Å². The normalized spacial score (nSPS) is 11.0. The van der Waals surface area contributed by atoms with Crippen LogP contribution in [0.2, 0.25) is 0 Å². The largest absolute Gasteiger partial charge is 0.442 e. The Hall–Kier alpha value is -3.75. The zero-order chi connectivity index (χ0) is 17.4. The maximum absolute atomic E-state index is 12.0. The number of nitro groups is 1. The summed E-state index contributed by atoms with van der Waals surface area (Å²) in [7, 11) is 0. The predicted molar refractivity (Wildman–Crippen MR) is 87.1 cm³/mol. The fourth-order valence-electron chi connectivity index (χ4n) is 2.57. The zero-order valence-corrected chi connectivity index (χ0v) is 12.8. The molecule has 25 heavy (non-hydrogen) atoms. The van der Waals surface area contributed by atoms with E-state index in [-0.39, 0.29) is 18.1 Å². The first kappa shape index (κ1) is 14.8. The highest BCUT2D eigenvalue weighted by atomic mass is 16.6. The molecule has 0 spiro atoms. The van der Waals surface area contributed by atoms with E-state index < -0.39 is 10.7 Å². The number of fused-ring (bicyclic) bond motifs is 1. The van der Waals surface area contributed by atoms with E-state index in [1.165, 1.54) is 28.8 Å². The van der Waals surface area contributed by atoms with Gasteiger partial charge < -0.3 is 4.40 Å². The van der Waals surface area contributed by atoms with E-state index in [2.05, 4.69) is 10.1 Å². The van der Waals surface area contributed by atoms with Crippen molar-refractivity contribution in [3.05, 3.63) is 81.2 Å². The van der Waals surface area contributed by atoms with Crippen molar-refractivity contribution in [1.29, 1.82) is 0 Å². The molecule has 0 saturated heterocycles. The summed E-state index contributed by atoms with van der Waals surface area (Å²) in [5.41, 5.74) is 1.93. The summed E-state index contributed by atoms with van der Waals surface area (Å²) < 4.78 is 7.95. The first-order chi connectivity index (χ1) is 12.1. The Morgan fingerprint density at radius 3 is 2.68 bits per heavy atom. The van der Waals surface area contributed by atoms with Crippen LogP contribution in [-0.4, -0.2) is 24.0 Å². The van der Waals surface area contributed by atoms with E-state index in [0.717, 1.165) is 5.65 Å². The first-order valence-electron chi connectivity index (χ1n) is 7.36. The Kier molecular flexibility index (Phi) is 3.38. The molecule has 3 heterocycles. The third kappa shape index (κ3) is 2.67. The summed E-state index contributed by atoms with van der Waals surface area (Å²) in [5, 5.41) is 14.5. The van der Waals surface area contributed by atoms with E-state index in [4.69, 9.17) is 4.52 Å². The molecular formula is C16H11N5O4. The van der Waals surface area contributed by atoms with E-state index in [1.807, 2.05) is 35.0 Å². The van der Waals surface area contributed by atoms with Gasteiger partial charge in [-0.15, -0.1) is 0 Å². The lowest BCUT2D eigenvalue weighted by Gasteiger charge is -2.02. The lowest BCUT2D eigenvalue weighted by atomic mass is 10.2. The van der Waals surface area contributed by atoms with Crippen molar-refractivity contribution >= 4 is 11.3 Å². The van der Waals surface area contributed by atoms with Gasteiger partial charge in [0.15, 0.2) is 5.82 Å². The highest BCUT2D eigenvalue weighted by molar-refractivity contribution is 5.57. The van der Waals surface area contributed by atoms with Gasteiger partial charge in [0.05, 0.1) is 17.2 Å². The molecule has 0 atom stereocenters. The Morgan fingerprint density at radius 1 is 1.16 bits per heavy atom. The van der Waals surface area contributed by atoms with Crippen LogP contribution in [0, 0.1) is 10.1 Å². The smallest absolute Gasteiger partial charge is 0.307 e. The highest BCUT2D eigenvalue weighted by Crippen LogP contribution is 2.20. The molecule has 4 rings (SSSR count). The maximum atomic E-state index is 12.0. The van der Waals surface area contributed by atoms with Crippen LogP contribution in [0.1, 0.15) is 5.69 Å². The monoisotopic (exact) mass is 337 g/mol. The molecule has 9 nitrogen and oxygen atoms in total. The average Bonchev–Trinajstić information content (AvgIpc) is 3.19. The fraction of sp³-hybridized carbons (Fsp3) is 0.0625. The van der Waals surface area contributed by atoms with Crippen molar-refractivity contribution in [1.82, 2.24) is 19.1 Å². The predicted octanol–water partition coefficient (Wildman–Crippen LogP) is 2.11. The zero-order valence-electron chi connectivity index (χ0n) is 12.8. The number of pyridine rings is 1. The number of hydrogen-bond donors (Lipinski definition) is 0. The number of rotatable bonds is 4. The Morgan fingerprint density at radius 2 is 1.96 bits per heavy atom. The summed E-state index contributed by atoms with van der Waals surface area (Å²) >= 11 is 0. The van der Waals surface area contributed by atoms with Gasteiger partial charge in [0, 0.05) is 30.1 Å². The number of non-ortho nitro benzene ring substituents is 1. The van der Waals surface area contributed by atoms with Gasteiger partial charge in [-0.2, -0.15) is 0 Å². The minimum Gasteiger partial charge on any atom is -0.307 e. The molecule has 0 unspecified atom stereocenters. The number of nitrogens with zero attached hydrogens (tertiary/aromatic N) is 5. The van der Waals surface area contributed by atoms with Crippen molar-refractivity contribution in [3.8, 4) is 11.4 Å². The van der Waals surface area contributed by atoms with Gasteiger partial charge in [0.25, 0.3) is 5.69 Å². The molecule has 0 aliphatic rings. The summed E-state index contributed by atoms with van der Waals surface area (Å²) in [6, 6.07) is 11.4. The van der Waals surface area contributed by atoms with Gasteiger partial charge in [-0.1, -0.05) is 11.2 Å². The van der Waals surface area contributed by atoms with Gasteiger partial charge in [0.2, 0.25) is 0 Å². The number of hydrogen-bond acceptors (Lipinski definition) is 6. The molecule has 9 heteroatoms. The Bertz CT molecular complexity index is 1090. The van der Waals surface area contributed by atoms with Crippen LogP contribution in [0.3, 0.4) is 0 Å². The quantitative estimate of drug-likeness (QED) is 0.417. The maximum Gasteiger partial charge on any atom is 0.442 e. The molecule has 0 aliphatic heterocycles. The van der Waals surface area contributed by atoms with Crippen LogP contribution in [0.4, 0.5) is 5.69 Å². The Balaban J connectivity index is 1.72. The van der Waals surface area contributed by atoms with Crippen LogP contribution in [-0.2, 0) is 6.54 Å². The molecule has 0 saturated carbocycles. The lowest BCUT2D eigenvalue weighted by molar-refractivity contribution is -0.384. The van der Waals surface area contributed by atoms with Gasteiger partial charge in [-0.3, -0.25) is 19.2 Å². The second-order valence-electron chi connectivity index (χ2n) is 5.36. The first-order valence-corrected chi connectivity index (χ1v) is 7.36. The van der Waals surface area contributed by atoms with E-state index in [1.54, 1.807) is 0 Å². The molecular weight excluding hydrogens is 326 g/mol. The van der Waals surface area contributed by atoms with Crippen molar-refractivity contribution in [2.75, 3.05) is 0 Å². The summed E-state index contributed by atoms with van der Waals surface area (Å²) in [4.78, 5) is 26.7. The molecule has 0 bridgehead atoms. The topological polar surface area (TPSA) is 108 Å². The van der Waals surface area contributed by atoms with Crippen LogP contribution in [0.5, 0.6) is 0 Å². The lowest BCUT2D eigenvalue weighted by Crippen LogP contribution is -2.16. The van der Waals surface area contributed by atoms with Crippen molar-refractivity contribution in [2.24, 2.45) is 0 Å². The molecule has 0 fully saturated rings. The van der Waals surface area contributed by atoms with Crippen LogP contribution in [0.25, 0.3) is 17.0 Å². The minimum atomic E-state index is -0.620. The van der Waals surface area contributed by atoms with Crippen molar-refractivity contribution < 1.29 is 9.45 Å². The number of aromatic nitrogens is 4. The highest BCUT2D eigenvalue weighted by Gasteiger charge is 2.16. The standard InChI is InChI=1S/C16H11N5O4/c22-16-20(10-12-9-19-8-2-1-3-14(19)17-12)15(18-25-16)11-4-6-13(7-5-11)21(23)24/h1-9H,10H2. The summed E-state index contributed by atoms with van der Waals surface area (Å²) in [6.45, 7) is 0.177. The number of nitro benzene ring substituents is 1. The molecule has 0 amide bonds. The van der Waals surface area contributed by atoms with Gasteiger partial charge in [-0.25, -0.2) is 9.78 Å². The van der Waals surface area contributed by atoms with E-state index in [9.17, 15) is 14.9 Å². The van der Waals surface area contributed by atoms with Crippen molar-refractivity contribution in [3.63, 3.8) is 0 Å². The molecule has 1 aromatic carbocycles. The molecule has 0 radical (unpaired) electrons. The SMILES string of the molecule is O=c1onc(-c2ccc([N+](=O)[O-])cc2)n1Cc1cn2ccccc2n1. The van der Waals surface area contributed by atoms with Gasteiger partial charge in [-0.05, 0) is 24.3 Å². The molecule has 3 aromatic heterocycles. The second-order valence-corrected chi connectivity index (χ2v) is 5.36. The average molecular weight is 337 g/mol. The third-order valence-electron chi connectivity index (χ3n) is 3.76. The number of benzene rings is 1. The van der Waals surface area contributed by atoms with Gasteiger partial charge in [0.1, 0.15) is 5.65 Å².